The van der Waals surface area contributed by atoms with E-state index in [1.54, 1.807) is 12.3 Å². The Labute approximate surface area is 172 Å². The minimum atomic E-state index is -0.175. The van der Waals surface area contributed by atoms with Crippen LogP contribution in [0.15, 0.2) is 59.3 Å². The van der Waals surface area contributed by atoms with Crippen molar-refractivity contribution in [1.82, 2.24) is 15.1 Å². The summed E-state index contributed by atoms with van der Waals surface area (Å²) >= 11 is 6.15. The molecule has 0 unspecified atom stereocenters. The molecule has 1 amide bonds. The van der Waals surface area contributed by atoms with Gasteiger partial charge < -0.3 is 9.84 Å². The zero-order valence-corrected chi connectivity index (χ0v) is 16.6. The van der Waals surface area contributed by atoms with E-state index in [0.29, 0.717) is 34.4 Å². The number of hydrogen-bond acceptors (Lipinski definition) is 5. The highest BCUT2D eigenvalue weighted by Gasteiger charge is 2.12. The molecule has 0 fully saturated rings. The van der Waals surface area contributed by atoms with E-state index in [1.807, 2.05) is 42.5 Å². The number of aryl methyl sites for hydroxylation is 2. The SMILES string of the molecule is CCc1ccc(-c2noc(CCC(=O)Nc3cc(Cl)cc4cccnc34)n2)cc1. The Hall–Kier alpha value is -3.25. The molecule has 0 bridgehead atoms. The number of nitrogens with zero attached hydrogens (tertiary/aromatic N) is 3. The van der Waals surface area contributed by atoms with Gasteiger partial charge in [0.2, 0.25) is 17.6 Å². The Morgan fingerprint density at radius 2 is 2.00 bits per heavy atom. The van der Waals surface area contributed by atoms with Crippen LogP contribution in [0.1, 0.15) is 24.8 Å². The van der Waals surface area contributed by atoms with E-state index in [-0.39, 0.29) is 12.3 Å². The third kappa shape index (κ3) is 4.43. The minimum Gasteiger partial charge on any atom is -0.339 e. The van der Waals surface area contributed by atoms with Gasteiger partial charge in [0.05, 0.1) is 11.2 Å². The fourth-order valence-corrected chi connectivity index (χ4v) is 3.27. The molecule has 0 saturated carbocycles. The largest absolute Gasteiger partial charge is 0.339 e. The molecule has 0 aliphatic heterocycles. The molecule has 0 radical (unpaired) electrons. The van der Waals surface area contributed by atoms with Crippen LogP contribution in [0, 0.1) is 0 Å². The van der Waals surface area contributed by atoms with Gasteiger partial charge in [0, 0.05) is 35.0 Å². The molecule has 0 spiro atoms. The summed E-state index contributed by atoms with van der Waals surface area (Å²) in [4.78, 5) is 21.1. The van der Waals surface area contributed by atoms with E-state index in [2.05, 4.69) is 27.4 Å². The van der Waals surface area contributed by atoms with Crippen molar-refractivity contribution >= 4 is 34.1 Å². The summed E-state index contributed by atoms with van der Waals surface area (Å²) in [5.74, 6) is 0.767. The number of anilines is 1. The molecule has 29 heavy (non-hydrogen) atoms. The van der Waals surface area contributed by atoms with Gasteiger partial charge >= 0.3 is 0 Å². The molecule has 0 atom stereocenters. The van der Waals surface area contributed by atoms with E-state index in [4.69, 9.17) is 16.1 Å². The molecule has 0 aliphatic rings. The second-order valence-electron chi connectivity index (χ2n) is 6.64. The number of carbonyl (C=O) groups is 1. The van der Waals surface area contributed by atoms with Gasteiger partial charge in [-0.05, 0) is 30.2 Å². The molecule has 4 aromatic rings. The average molecular weight is 407 g/mol. The maximum Gasteiger partial charge on any atom is 0.227 e. The van der Waals surface area contributed by atoms with Gasteiger partial charge in [-0.15, -0.1) is 0 Å². The van der Waals surface area contributed by atoms with Crippen LogP contribution in [-0.4, -0.2) is 21.0 Å². The van der Waals surface area contributed by atoms with E-state index >= 15 is 0 Å². The number of rotatable bonds is 6. The zero-order valence-electron chi connectivity index (χ0n) is 15.9. The number of nitrogens with one attached hydrogen (secondary N) is 1. The van der Waals surface area contributed by atoms with Crippen LogP contribution in [0.5, 0.6) is 0 Å². The molecule has 6 nitrogen and oxygen atoms in total. The third-order valence-electron chi connectivity index (χ3n) is 4.60. The van der Waals surface area contributed by atoms with Crippen LogP contribution in [0.2, 0.25) is 5.02 Å². The van der Waals surface area contributed by atoms with Crippen LogP contribution < -0.4 is 5.32 Å². The number of benzene rings is 2. The highest BCUT2D eigenvalue weighted by molar-refractivity contribution is 6.32. The molecule has 0 saturated heterocycles. The molecule has 2 aromatic carbocycles. The smallest absolute Gasteiger partial charge is 0.227 e. The minimum absolute atomic E-state index is 0.175. The molecular weight excluding hydrogens is 388 g/mol. The van der Waals surface area contributed by atoms with E-state index in [0.717, 1.165) is 17.4 Å². The van der Waals surface area contributed by atoms with Crippen molar-refractivity contribution in [2.24, 2.45) is 0 Å². The summed E-state index contributed by atoms with van der Waals surface area (Å²) in [5, 5.41) is 8.29. The Bertz CT molecular complexity index is 1160. The molecule has 0 aliphatic carbocycles. The van der Waals surface area contributed by atoms with Crippen molar-refractivity contribution in [1.29, 1.82) is 0 Å². The van der Waals surface area contributed by atoms with E-state index in [9.17, 15) is 4.79 Å². The lowest BCUT2D eigenvalue weighted by Crippen LogP contribution is -2.13. The monoisotopic (exact) mass is 406 g/mol. The first kappa shape index (κ1) is 19.1. The Kier molecular flexibility index (Phi) is 5.53. The van der Waals surface area contributed by atoms with Crippen molar-refractivity contribution in [3.05, 3.63) is 71.2 Å². The average Bonchev–Trinajstić information content (AvgIpc) is 3.21. The number of pyridine rings is 1. The zero-order chi connectivity index (χ0) is 20.2. The fourth-order valence-electron chi connectivity index (χ4n) is 3.05. The van der Waals surface area contributed by atoms with Crippen LogP contribution in [0.4, 0.5) is 5.69 Å². The lowest BCUT2D eigenvalue weighted by molar-refractivity contribution is -0.116. The molecule has 2 aromatic heterocycles. The van der Waals surface area contributed by atoms with Gasteiger partial charge in [-0.2, -0.15) is 4.98 Å². The van der Waals surface area contributed by atoms with Gasteiger partial charge in [-0.25, -0.2) is 0 Å². The Morgan fingerprint density at radius 1 is 1.17 bits per heavy atom. The maximum atomic E-state index is 12.4. The van der Waals surface area contributed by atoms with Gasteiger partial charge in [-0.1, -0.05) is 54.0 Å². The number of halogens is 1. The molecule has 7 heteroatoms. The summed E-state index contributed by atoms with van der Waals surface area (Å²) in [6.45, 7) is 2.11. The first-order chi connectivity index (χ1) is 14.1. The Morgan fingerprint density at radius 3 is 2.79 bits per heavy atom. The Balaban J connectivity index is 1.41. The molecule has 146 valence electrons. The second-order valence-corrected chi connectivity index (χ2v) is 7.08. The quantitative estimate of drug-likeness (QED) is 0.483. The van der Waals surface area contributed by atoms with Crippen molar-refractivity contribution in [2.75, 3.05) is 5.32 Å². The van der Waals surface area contributed by atoms with Crippen molar-refractivity contribution in [2.45, 2.75) is 26.2 Å². The third-order valence-corrected chi connectivity index (χ3v) is 4.82. The molecule has 1 N–H and O–H groups in total. The van der Waals surface area contributed by atoms with Crippen LogP contribution in [-0.2, 0) is 17.6 Å². The predicted octanol–water partition coefficient (Wildman–Crippen LogP) is 5.07. The van der Waals surface area contributed by atoms with Crippen molar-refractivity contribution in [3.8, 4) is 11.4 Å². The first-order valence-corrected chi connectivity index (χ1v) is 9.76. The molecule has 2 heterocycles. The van der Waals surface area contributed by atoms with Crippen molar-refractivity contribution in [3.63, 3.8) is 0 Å². The van der Waals surface area contributed by atoms with Gasteiger partial charge in [-0.3, -0.25) is 9.78 Å². The lowest BCUT2D eigenvalue weighted by atomic mass is 10.1. The summed E-state index contributed by atoms with van der Waals surface area (Å²) < 4.78 is 5.29. The normalized spacial score (nSPS) is 11.0. The lowest BCUT2D eigenvalue weighted by Gasteiger charge is -2.08. The number of fused-ring (bicyclic) bond motifs is 1. The fraction of sp³-hybridized carbons (Fsp3) is 0.182. The summed E-state index contributed by atoms with van der Waals surface area (Å²) in [5.41, 5.74) is 3.41. The predicted molar refractivity (Wildman–Crippen MR) is 113 cm³/mol. The standard InChI is InChI=1S/C22H19ClN4O2/c1-2-14-5-7-15(8-6-14)22-26-20(29-27-22)10-9-19(28)25-18-13-17(23)12-16-4-3-11-24-21(16)18/h3-8,11-13H,2,9-10H2,1H3,(H,25,28). The van der Waals surface area contributed by atoms with E-state index < -0.39 is 0 Å². The first-order valence-electron chi connectivity index (χ1n) is 9.38. The van der Waals surface area contributed by atoms with Gasteiger partial charge in [0.25, 0.3) is 0 Å². The number of aromatic nitrogens is 3. The highest BCUT2D eigenvalue weighted by atomic mass is 35.5. The maximum absolute atomic E-state index is 12.4. The summed E-state index contributed by atoms with van der Waals surface area (Å²) in [7, 11) is 0. The number of amides is 1. The van der Waals surface area contributed by atoms with Gasteiger partial charge in [0.1, 0.15) is 0 Å². The summed E-state index contributed by atoms with van der Waals surface area (Å²) in [6.07, 6.45) is 3.21. The molecule has 4 rings (SSSR count). The van der Waals surface area contributed by atoms with Crippen LogP contribution >= 0.6 is 11.6 Å². The topological polar surface area (TPSA) is 80.9 Å². The van der Waals surface area contributed by atoms with Crippen molar-refractivity contribution < 1.29 is 9.32 Å². The second kappa shape index (κ2) is 8.41. The van der Waals surface area contributed by atoms with Gasteiger partial charge in [0.15, 0.2) is 0 Å². The van der Waals surface area contributed by atoms with Crippen LogP contribution in [0.25, 0.3) is 22.3 Å². The summed E-state index contributed by atoms with van der Waals surface area (Å²) in [6, 6.07) is 15.3. The van der Waals surface area contributed by atoms with Crippen LogP contribution in [0.3, 0.4) is 0 Å². The number of hydrogen-bond donors (Lipinski definition) is 1. The van der Waals surface area contributed by atoms with E-state index in [1.165, 1.54) is 5.56 Å². The number of carbonyl (C=O) groups excluding carboxylic acids is 1. The molecular formula is C22H19ClN4O2. The highest BCUT2D eigenvalue weighted by Crippen LogP contribution is 2.26.